The largest absolute Gasteiger partial charge is 0.433 e. The zero-order valence-electron chi connectivity index (χ0n) is 15.1. The van der Waals surface area contributed by atoms with E-state index in [9.17, 15) is 4.79 Å². The van der Waals surface area contributed by atoms with Crippen molar-refractivity contribution in [3.05, 3.63) is 0 Å². The van der Waals surface area contributed by atoms with Gasteiger partial charge in [-0.1, -0.05) is 20.8 Å². The molecule has 4 rings (SSSR count). The quantitative estimate of drug-likeness (QED) is 0.686. The van der Waals surface area contributed by atoms with Crippen LogP contribution in [0.25, 0.3) is 0 Å². The molecule has 2 heterocycles. The van der Waals surface area contributed by atoms with Crippen LogP contribution in [0.1, 0.15) is 65.7 Å². The molecule has 2 aliphatic carbocycles. The minimum Gasteiger partial charge on any atom is -0.433 e. The van der Waals surface area contributed by atoms with Crippen LogP contribution in [0.15, 0.2) is 0 Å². The average Bonchev–Trinajstić information content (AvgIpc) is 3.07. The summed E-state index contributed by atoms with van der Waals surface area (Å²) in [6.45, 7) is 7.79. The highest BCUT2D eigenvalue weighted by molar-refractivity contribution is 5.72. The second-order valence-corrected chi connectivity index (χ2v) is 8.60. The van der Waals surface area contributed by atoms with Gasteiger partial charge in [-0.2, -0.15) is 0 Å². The number of fused-ring (bicyclic) bond motifs is 1. The molecule has 0 aromatic rings. The van der Waals surface area contributed by atoms with Crippen LogP contribution < -0.4 is 0 Å². The van der Waals surface area contributed by atoms with Gasteiger partial charge in [-0.3, -0.25) is 4.79 Å². The van der Waals surface area contributed by atoms with Crippen LogP contribution in [0.4, 0.5) is 0 Å². The lowest BCUT2D eigenvalue weighted by Crippen LogP contribution is -2.66. The van der Waals surface area contributed by atoms with Gasteiger partial charge in [0, 0.05) is 18.8 Å². The highest BCUT2D eigenvalue weighted by atomic mass is 16.8. The van der Waals surface area contributed by atoms with Gasteiger partial charge in [0.15, 0.2) is 5.79 Å². The van der Waals surface area contributed by atoms with Crippen molar-refractivity contribution in [3.8, 4) is 0 Å². The molecule has 5 nitrogen and oxygen atoms in total. The first-order valence-electron chi connectivity index (χ1n) is 9.60. The molecule has 4 fully saturated rings. The number of carbonyl (C=O) groups is 1. The molecule has 4 aliphatic rings. The molecule has 5 heteroatoms. The predicted octanol–water partition coefficient (Wildman–Crippen LogP) is 3.40. The topological polar surface area (TPSA) is 54.0 Å². The zero-order chi connectivity index (χ0) is 17.0. The Kier molecular flexibility index (Phi) is 3.98. The number of carbonyl (C=O) groups excluding carboxylic acids is 1. The van der Waals surface area contributed by atoms with Crippen molar-refractivity contribution in [1.82, 2.24) is 0 Å². The number of hydrogen-bond donors (Lipinski definition) is 0. The molecule has 136 valence electrons. The van der Waals surface area contributed by atoms with Crippen molar-refractivity contribution in [2.24, 2.45) is 17.8 Å². The van der Waals surface area contributed by atoms with Gasteiger partial charge >= 0.3 is 5.97 Å². The van der Waals surface area contributed by atoms with Gasteiger partial charge in [-0.05, 0) is 37.5 Å². The fourth-order valence-electron chi connectivity index (χ4n) is 5.59. The van der Waals surface area contributed by atoms with Gasteiger partial charge < -0.3 is 18.9 Å². The van der Waals surface area contributed by atoms with Crippen molar-refractivity contribution in [2.75, 3.05) is 13.2 Å². The highest BCUT2D eigenvalue weighted by Crippen LogP contribution is 2.57. The van der Waals surface area contributed by atoms with Crippen molar-refractivity contribution < 1.29 is 23.7 Å². The third kappa shape index (κ3) is 2.35. The summed E-state index contributed by atoms with van der Waals surface area (Å²) in [5.41, 5.74) is -0.678. The first-order chi connectivity index (χ1) is 11.4. The lowest BCUT2D eigenvalue weighted by atomic mass is 9.71. The molecular weight excluding hydrogens is 308 g/mol. The van der Waals surface area contributed by atoms with Gasteiger partial charge in [-0.15, -0.1) is 0 Å². The molecule has 0 aromatic heterocycles. The van der Waals surface area contributed by atoms with Crippen LogP contribution >= 0.6 is 0 Å². The van der Waals surface area contributed by atoms with E-state index in [0.29, 0.717) is 25.0 Å². The van der Waals surface area contributed by atoms with Crippen molar-refractivity contribution in [1.29, 1.82) is 0 Å². The van der Waals surface area contributed by atoms with Crippen LogP contribution in [0, 0.1) is 17.8 Å². The summed E-state index contributed by atoms with van der Waals surface area (Å²) < 4.78 is 24.9. The van der Waals surface area contributed by atoms with Crippen LogP contribution in [-0.4, -0.2) is 36.4 Å². The standard InChI is InChI=1S/C19H30O5/c1-13(2)15-6-5-14(3)11-18(15)23-16(20)12-17(24-18)7-4-8-19(17)21-9-10-22-19/h13-15H,4-12H2,1-3H3/t14-,15+,17+,18-/m1/s1. The van der Waals surface area contributed by atoms with Gasteiger partial charge in [0.05, 0.1) is 19.6 Å². The van der Waals surface area contributed by atoms with E-state index in [1.54, 1.807) is 0 Å². The Morgan fingerprint density at radius 3 is 2.58 bits per heavy atom. The maximum Gasteiger partial charge on any atom is 0.311 e. The van der Waals surface area contributed by atoms with Crippen molar-refractivity contribution >= 4 is 5.97 Å². The zero-order valence-corrected chi connectivity index (χ0v) is 15.1. The van der Waals surface area contributed by atoms with Crippen molar-refractivity contribution in [3.63, 3.8) is 0 Å². The Labute approximate surface area is 144 Å². The third-order valence-electron chi connectivity index (χ3n) is 6.59. The molecule has 24 heavy (non-hydrogen) atoms. The Morgan fingerprint density at radius 1 is 1.12 bits per heavy atom. The molecule has 3 spiro atoms. The highest BCUT2D eigenvalue weighted by Gasteiger charge is 2.68. The molecule has 0 N–H and O–H groups in total. The number of ether oxygens (including phenoxy) is 4. The number of esters is 1. The number of hydrogen-bond acceptors (Lipinski definition) is 5. The summed E-state index contributed by atoms with van der Waals surface area (Å²) >= 11 is 0. The minimum absolute atomic E-state index is 0.152. The normalized spacial score (nSPS) is 44.8. The van der Waals surface area contributed by atoms with Crippen LogP contribution in [0.2, 0.25) is 0 Å². The second kappa shape index (κ2) is 5.68. The number of rotatable bonds is 1. The first kappa shape index (κ1) is 16.8. The Balaban J connectivity index is 1.73. The molecular formula is C19H30O5. The summed E-state index contributed by atoms with van der Waals surface area (Å²) in [4.78, 5) is 12.7. The fourth-order valence-corrected chi connectivity index (χ4v) is 5.59. The van der Waals surface area contributed by atoms with Gasteiger partial charge in [0.2, 0.25) is 5.79 Å². The maximum absolute atomic E-state index is 12.7. The molecule has 0 aromatic carbocycles. The molecule has 2 aliphatic heterocycles. The van der Waals surface area contributed by atoms with E-state index in [1.165, 1.54) is 0 Å². The summed E-state index contributed by atoms with van der Waals surface area (Å²) in [5.74, 6) is -0.584. The molecule has 0 bridgehead atoms. The summed E-state index contributed by atoms with van der Waals surface area (Å²) in [5, 5.41) is 0. The lowest BCUT2D eigenvalue weighted by molar-refractivity contribution is -0.390. The molecule has 0 amide bonds. The van der Waals surface area contributed by atoms with E-state index in [-0.39, 0.29) is 18.3 Å². The van der Waals surface area contributed by atoms with Crippen molar-refractivity contribution in [2.45, 2.75) is 82.9 Å². The summed E-state index contributed by atoms with van der Waals surface area (Å²) in [6.07, 6.45) is 5.80. The van der Waals surface area contributed by atoms with Gasteiger partial charge in [0.1, 0.15) is 5.60 Å². The SMILES string of the molecule is CC(C)[C@@H]1CC[C@@H](C)C[C@]12OC(=O)C[C@]1(CCCC13OCCO3)O2. The molecule has 4 atom stereocenters. The van der Waals surface area contributed by atoms with Crippen LogP contribution in [0.5, 0.6) is 0 Å². The summed E-state index contributed by atoms with van der Waals surface area (Å²) in [6, 6.07) is 0. The minimum atomic E-state index is -0.812. The van der Waals surface area contributed by atoms with E-state index in [4.69, 9.17) is 18.9 Å². The Bertz CT molecular complexity index is 506. The average molecular weight is 338 g/mol. The molecule has 0 unspecified atom stereocenters. The van der Waals surface area contributed by atoms with E-state index >= 15 is 0 Å². The predicted molar refractivity (Wildman–Crippen MR) is 87.1 cm³/mol. The van der Waals surface area contributed by atoms with Crippen LogP contribution in [0.3, 0.4) is 0 Å². The van der Waals surface area contributed by atoms with Crippen LogP contribution in [-0.2, 0) is 23.7 Å². The molecule has 0 radical (unpaired) electrons. The monoisotopic (exact) mass is 338 g/mol. The smallest absolute Gasteiger partial charge is 0.311 e. The fraction of sp³-hybridized carbons (Fsp3) is 0.947. The lowest BCUT2D eigenvalue weighted by Gasteiger charge is -2.55. The molecule has 2 saturated carbocycles. The Hall–Kier alpha value is -0.650. The van der Waals surface area contributed by atoms with E-state index in [1.807, 2.05) is 0 Å². The second-order valence-electron chi connectivity index (χ2n) is 8.60. The van der Waals surface area contributed by atoms with E-state index in [0.717, 1.165) is 38.5 Å². The maximum atomic E-state index is 12.7. The van der Waals surface area contributed by atoms with E-state index in [2.05, 4.69) is 20.8 Å². The molecule has 2 saturated heterocycles. The Morgan fingerprint density at radius 2 is 1.88 bits per heavy atom. The summed E-state index contributed by atoms with van der Waals surface area (Å²) in [7, 11) is 0. The van der Waals surface area contributed by atoms with E-state index < -0.39 is 17.2 Å². The van der Waals surface area contributed by atoms with Gasteiger partial charge in [-0.25, -0.2) is 0 Å². The first-order valence-corrected chi connectivity index (χ1v) is 9.60. The third-order valence-corrected chi connectivity index (χ3v) is 6.59. The van der Waals surface area contributed by atoms with Gasteiger partial charge in [0.25, 0.3) is 0 Å².